The molecule has 1 saturated heterocycles. The van der Waals surface area contributed by atoms with Gasteiger partial charge in [0.2, 0.25) is 0 Å². The molecular formula is C18H24N4OS. The van der Waals surface area contributed by atoms with E-state index in [1.165, 1.54) is 18.5 Å². The second kappa shape index (κ2) is 7.66. The molecule has 0 spiro atoms. The van der Waals surface area contributed by atoms with E-state index >= 15 is 0 Å². The zero-order valence-corrected chi connectivity index (χ0v) is 15.0. The van der Waals surface area contributed by atoms with Gasteiger partial charge in [0, 0.05) is 48.0 Å². The normalized spacial score (nSPS) is 15.3. The van der Waals surface area contributed by atoms with Gasteiger partial charge < -0.3 is 15.5 Å². The maximum Gasteiger partial charge on any atom is 0.319 e. The molecule has 1 aromatic carbocycles. The predicted octanol–water partition coefficient (Wildman–Crippen LogP) is 3.98. The van der Waals surface area contributed by atoms with Crippen LogP contribution in [0.25, 0.3) is 0 Å². The monoisotopic (exact) mass is 344 g/mol. The van der Waals surface area contributed by atoms with Crippen molar-refractivity contribution in [3.63, 3.8) is 0 Å². The average molecular weight is 344 g/mol. The number of aromatic nitrogens is 1. The van der Waals surface area contributed by atoms with Crippen LogP contribution in [0.4, 0.5) is 16.2 Å². The predicted molar refractivity (Wildman–Crippen MR) is 100 cm³/mol. The van der Waals surface area contributed by atoms with Crippen molar-refractivity contribution in [2.75, 3.05) is 29.9 Å². The Morgan fingerprint density at radius 1 is 1.38 bits per heavy atom. The number of thiazole rings is 1. The molecule has 2 heterocycles. The van der Waals surface area contributed by atoms with Crippen molar-refractivity contribution in [1.29, 1.82) is 0 Å². The minimum Gasteiger partial charge on any atom is -0.371 e. The van der Waals surface area contributed by atoms with E-state index in [0.717, 1.165) is 29.5 Å². The van der Waals surface area contributed by atoms with Crippen LogP contribution in [-0.2, 0) is 0 Å². The molecule has 0 unspecified atom stereocenters. The molecule has 0 aliphatic carbocycles. The Morgan fingerprint density at radius 2 is 2.17 bits per heavy atom. The fraction of sp³-hybridized carbons (Fsp3) is 0.444. The third-order valence-corrected chi connectivity index (χ3v) is 5.40. The number of nitrogens with one attached hydrogen (secondary N) is 2. The molecular weight excluding hydrogens is 320 g/mol. The second-order valence-electron chi connectivity index (χ2n) is 6.31. The van der Waals surface area contributed by atoms with Crippen LogP contribution in [0.2, 0.25) is 0 Å². The lowest BCUT2D eigenvalue weighted by molar-refractivity contribution is 0.251. The van der Waals surface area contributed by atoms with Crippen molar-refractivity contribution in [1.82, 2.24) is 10.3 Å². The fourth-order valence-electron chi connectivity index (χ4n) is 2.86. The van der Waals surface area contributed by atoms with Crippen LogP contribution in [0, 0.1) is 6.92 Å². The van der Waals surface area contributed by atoms with Crippen LogP contribution in [0.1, 0.15) is 36.4 Å². The third-order valence-electron chi connectivity index (χ3n) is 4.20. The van der Waals surface area contributed by atoms with E-state index in [-0.39, 0.29) is 11.9 Å². The molecule has 6 heteroatoms. The first-order chi connectivity index (χ1) is 11.6. The van der Waals surface area contributed by atoms with Gasteiger partial charge in [0.05, 0.1) is 5.01 Å². The molecule has 2 N–H and O–H groups in total. The first-order valence-corrected chi connectivity index (χ1v) is 9.31. The highest BCUT2D eigenvalue weighted by molar-refractivity contribution is 7.09. The van der Waals surface area contributed by atoms with Crippen molar-refractivity contribution in [2.45, 2.75) is 32.6 Å². The summed E-state index contributed by atoms with van der Waals surface area (Å²) in [5.41, 5.74) is 3.04. The summed E-state index contributed by atoms with van der Waals surface area (Å²) in [6.07, 6.45) is 2.48. The van der Waals surface area contributed by atoms with Crippen molar-refractivity contribution >= 4 is 28.7 Å². The molecule has 1 aliphatic heterocycles. The summed E-state index contributed by atoms with van der Waals surface area (Å²) < 4.78 is 0. The highest BCUT2D eigenvalue weighted by Gasteiger charge is 2.14. The molecule has 1 aliphatic rings. The van der Waals surface area contributed by atoms with Crippen LogP contribution < -0.4 is 15.5 Å². The molecule has 128 valence electrons. The molecule has 2 aromatic rings. The number of hydrogen-bond acceptors (Lipinski definition) is 4. The van der Waals surface area contributed by atoms with Crippen LogP contribution in [0.3, 0.4) is 0 Å². The average Bonchev–Trinajstić information content (AvgIpc) is 3.24. The Kier molecular flexibility index (Phi) is 5.35. The number of nitrogens with zero attached hydrogens (tertiary/aromatic N) is 2. The highest BCUT2D eigenvalue weighted by atomic mass is 32.1. The Morgan fingerprint density at radius 3 is 2.88 bits per heavy atom. The van der Waals surface area contributed by atoms with E-state index in [1.54, 1.807) is 11.3 Å². The van der Waals surface area contributed by atoms with Gasteiger partial charge in [-0.1, -0.05) is 13.0 Å². The number of carbonyl (C=O) groups is 1. The zero-order chi connectivity index (χ0) is 16.9. The number of benzene rings is 1. The van der Waals surface area contributed by atoms with Gasteiger partial charge in [0.25, 0.3) is 0 Å². The number of amides is 2. The molecule has 1 fully saturated rings. The van der Waals surface area contributed by atoms with Gasteiger partial charge in [-0.2, -0.15) is 0 Å². The summed E-state index contributed by atoms with van der Waals surface area (Å²) >= 11 is 1.64. The summed E-state index contributed by atoms with van der Waals surface area (Å²) in [4.78, 5) is 19.0. The summed E-state index contributed by atoms with van der Waals surface area (Å²) in [5, 5.41) is 8.95. The quantitative estimate of drug-likeness (QED) is 0.863. The van der Waals surface area contributed by atoms with Gasteiger partial charge in [0.15, 0.2) is 0 Å². The lowest BCUT2D eigenvalue weighted by Crippen LogP contribution is -2.31. The van der Waals surface area contributed by atoms with Crippen LogP contribution in [-0.4, -0.2) is 30.6 Å². The summed E-state index contributed by atoms with van der Waals surface area (Å²) in [5.74, 6) is 0.213. The maximum absolute atomic E-state index is 12.1. The zero-order valence-electron chi connectivity index (χ0n) is 14.2. The van der Waals surface area contributed by atoms with Gasteiger partial charge in [0.1, 0.15) is 0 Å². The van der Waals surface area contributed by atoms with Crippen LogP contribution in [0.5, 0.6) is 0 Å². The lowest BCUT2D eigenvalue weighted by atomic mass is 10.2. The summed E-state index contributed by atoms with van der Waals surface area (Å²) in [6.45, 7) is 6.83. The minimum absolute atomic E-state index is 0.172. The molecule has 3 rings (SSSR count). The molecule has 0 radical (unpaired) electrons. The van der Waals surface area contributed by atoms with E-state index in [1.807, 2.05) is 30.5 Å². The van der Waals surface area contributed by atoms with Crippen molar-refractivity contribution in [3.05, 3.63) is 40.3 Å². The Bertz CT molecular complexity index is 694. The van der Waals surface area contributed by atoms with E-state index in [4.69, 9.17) is 0 Å². The first kappa shape index (κ1) is 16.8. The number of carbonyl (C=O) groups excluding carboxylic acids is 1. The van der Waals surface area contributed by atoms with E-state index < -0.39 is 0 Å². The van der Waals surface area contributed by atoms with E-state index in [9.17, 15) is 4.79 Å². The molecule has 5 nitrogen and oxygen atoms in total. The smallest absolute Gasteiger partial charge is 0.319 e. The molecule has 2 amide bonds. The van der Waals surface area contributed by atoms with Crippen molar-refractivity contribution in [3.8, 4) is 0 Å². The number of urea groups is 1. The molecule has 0 saturated carbocycles. The molecule has 1 aromatic heterocycles. The molecule has 1 atom stereocenters. The fourth-order valence-corrected chi connectivity index (χ4v) is 3.72. The van der Waals surface area contributed by atoms with Gasteiger partial charge >= 0.3 is 6.03 Å². The maximum atomic E-state index is 12.1. The van der Waals surface area contributed by atoms with Gasteiger partial charge in [-0.25, -0.2) is 9.78 Å². The summed E-state index contributed by atoms with van der Waals surface area (Å²) in [6, 6.07) is 7.88. The van der Waals surface area contributed by atoms with Crippen LogP contribution in [0.15, 0.2) is 29.6 Å². The minimum atomic E-state index is -0.172. The Labute approximate surface area is 147 Å². The Balaban J connectivity index is 1.52. The number of rotatable bonds is 5. The Hall–Kier alpha value is -2.08. The second-order valence-corrected chi connectivity index (χ2v) is 7.20. The van der Waals surface area contributed by atoms with Crippen molar-refractivity contribution in [2.24, 2.45) is 0 Å². The largest absolute Gasteiger partial charge is 0.371 e. The molecule has 24 heavy (non-hydrogen) atoms. The van der Waals surface area contributed by atoms with Gasteiger partial charge in [-0.05, 0) is 38.0 Å². The van der Waals surface area contributed by atoms with Crippen molar-refractivity contribution < 1.29 is 4.79 Å². The van der Waals surface area contributed by atoms with E-state index in [2.05, 4.69) is 33.5 Å². The standard InChI is InChI=1S/C18H24N4OS/c1-13(17-20-14(2)12-24-17)11-19-18(23)21-15-6-5-7-16(10-15)22-8-3-4-9-22/h5-7,10,12-13H,3-4,8-9,11H2,1-2H3,(H2,19,21,23)/t13-/m1/s1. The number of hydrogen-bond donors (Lipinski definition) is 2. The SMILES string of the molecule is Cc1csc([C@H](C)CNC(=O)Nc2cccc(N3CCCC3)c2)n1. The van der Waals surface area contributed by atoms with Gasteiger partial charge in [-0.3, -0.25) is 0 Å². The topological polar surface area (TPSA) is 57.3 Å². The van der Waals surface area contributed by atoms with E-state index in [0.29, 0.717) is 6.54 Å². The van der Waals surface area contributed by atoms with Crippen LogP contribution >= 0.6 is 11.3 Å². The molecule has 0 bridgehead atoms. The number of aryl methyl sites for hydroxylation is 1. The lowest BCUT2D eigenvalue weighted by Gasteiger charge is -2.18. The first-order valence-electron chi connectivity index (χ1n) is 8.44. The number of anilines is 2. The highest BCUT2D eigenvalue weighted by Crippen LogP contribution is 2.23. The summed E-state index contributed by atoms with van der Waals surface area (Å²) in [7, 11) is 0. The van der Waals surface area contributed by atoms with Gasteiger partial charge in [-0.15, -0.1) is 11.3 Å². The third kappa shape index (κ3) is 4.26.